The van der Waals surface area contributed by atoms with Crippen LogP contribution in [0.2, 0.25) is 0 Å². The summed E-state index contributed by atoms with van der Waals surface area (Å²) in [7, 11) is 1.92. The predicted octanol–water partition coefficient (Wildman–Crippen LogP) is 4.88. The molecule has 26 heavy (non-hydrogen) atoms. The Kier molecular flexibility index (Phi) is 5.08. The van der Waals surface area contributed by atoms with Crippen molar-refractivity contribution in [2.75, 3.05) is 13.1 Å². The zero-order valence-corrected chi connectivity index (χ0v) is 16.8. The van der Waals surface area contributed by atoms with Crippen LogP contribution in [0, 0.1) is 13.8 Å². The number of aliphatic imine (C=N–C) groups is 1. The first-order chi connectivity index (χ1) is 12.2. The van der Waals surface area contributed by atoms with E-state index < -0.39 is 0 Å². The van der Waals surface area contributed by atoms with E-state index in [1.54, 1.807) is 4.68 Å². The fourth-order valence-electron chi connectivity index (χ4n) is 3.05. The number of aromatic nitrogens is 2. The first kappa shape index (κ1) is 18.5. The maximum atomic E-state index is 6.17. The summed E-state index contributed by atoms with van der Waals surface area (Å²) < 4.78 is 7.97. The average molecular weight is 354 g/mol. The van der Waals surface area contributed by atoms with Crippen molar-refractivity contribution in [3.8, 4) is 11.6 Å². The number of aryl methyl sites for hydroxylation is 3. The lowest BCUT2D eigenvalue weighted by Crippen LogP contribution is -2.16. The zero-order chi connectivity index (χ0) is 18.9. The van der Waals surface area contributed by atoms with Gasteiger partial charge in [0.2, 0.25) is 5.88 Å². The molecule has 0 saturated carbocycles. The summed E-state index contributed by atoms with van der Waals surface area (Å²) in [6, 6.07) is 6.18. The van der Waals surface area contributed by atoms with Gasteiger partial charge in [-0.25, -0.2) is 9.67 Å². The standard InChI is InChI=1S/C21H30N4O/c1-15-12-18(26-20-13-19(21(3,4)5)23-24(20)6)16(2)11-17(15)22-14-25-9-7-8-10-25/h11-14H,7-10H2,1-6H3. The van der Waals surface area contributed by atoms with E-state index >= 15 is 0 Å². The van der Waals surface area contributed by atoms with Gasteiger partial charge in [-0.3, -0.25) is 0 Å². The molecule has 1 saturated heterocycles. The minimum Gasteiger partial charge on any atom is -0.439 e. The Balaban J connectivity index is 1.81. The van der Waals surface area contributed by atoms with Gasteiger partial charge in [-0.05, 0) is 49.9 Å². The molecule has 5 nitrogen and oxygen atoms in total. The second kappa shape index (κ2) is 7.14. The van der Waals surface area contributed by atoms with Gasteiger partial charge in [0.25, 0.3) is 0 Å². The van der Waals surface area contributed by atoms with Crippen molar-refractivity contribution in [1.29, 1.82) is 0 Å². The van der Waals surface area contributed by atoms with Crippen molar-refractivity contribution in [2.45, 2.75) is 52.9 Å². The fourth-order valence-corrected chi connectivity index (χ4v) is 3.05. The molecule has 2 heterocycles. The van der Waals surface area contributed by atoms with E-state index in [1.165, 1.54) is 12.8 Å². The van der Waals surface area contributed by atoms with Crippen molar-refractivity contribution in [1.82, 2.24) is 14.7 Å². The van der Waals surface area contributed by atoms with E-state index in [1.807, 2.05) is 19.5 Å². The van der Waals surface area contributed by atoms with Crippen LogP contribution in [0.1, 0.15) is 50.4 Å². The first-order valence-corrected chi connectivity index (χ1v) is 9.36. The van der Waals surface area contributed by atoms with E-state index in [9.17, 15) is 0 Å². The molecule has 140 valence electrons. The monoisotopic (exact) mass is 354 g/mol. The molecule has 0 radical (unpaired) electrons. The molecule has 0 bridgehead atoms. The summed E-state index contributed by atoms with van der Waals surface area (Å²) >= 11 is 0. The number of nitrogens with zero attached hydrogens (tertiary/aromatic N) is 4. The highest BCUT2D eigenvalue weighted by Gasteiger charge is 2.20. The summed E-state index contributed by atoms with van der Waals surface area (Å²) in [5.41, 5.74) is 4.21. The molecule has 0 spiro atoms. The third-order valence-electron chi connectivity index (χ3n) is 4.81. The van der Waals surface area contributed by atoms with Crippen LogP contribution in [0.15, 0.2) is 23.2 Å². The summed E-state index contributed by atoms with van der Waals surface area (Å²) in [5, 5.41) is 4.58. The molecule has 1 aromatic carbocycles. The Morgan fingerprint density at radius 2 is 1.77 bits per heavy atom. The third kappa shape index (κ3) is 4.09. The van der Waals surface area contributed by atoms with Gasteiger partial charge in [0.15, 0.2) is 0 Å². The Morgan fingerprint density at radius 3 is 2.38 bits per heavy atom. The maximum Gasteiger partial charge on any atom is 0.217 e. The van der Waals surface area contributed by atoms with Crippen LogP contribution in [0.4, 0.5) is 5.69 Å². The number of ether oxygens (including phenoxy) is 1. The number of hydrogen-bond acceptors (Lipinski definition) is 3. The van der Waals surface area contributed by atoms with Crippen LogP contribution in [-0.4, -0.2) is 34.1 Å². The van der Waals surface area contributed by atoms with Crippen molar-refractivity contribution >= 4 is 12.0 Å². The normalized spacial score (nSPS) is 15.2. The van der Waals surface area contributed by atoms with Gasteiger partial charge < -0.3 is 9.64 Å². The maximum absolute atomic E-state index is 6.17. The molecular formula is C21H30N4O. The number of benzene rings is 1. The molecule has 1 aromatic heterocycles. The number of hydrogen-bond donors (Lipinski definition) is 0. The van der Waals surface area contributed by atoms with Gasteiger partial charge in [-0.15, -0.1) is 0 Å². The van der Waals surface area contributed by atoms with Gasteiger partial charge in [-0.1, -0.05) is 20.8 Å². The van der Waals surface area contributed by atoms with Crippen molar-refractivity contribution in [3.63, 3.8) is 0 Å². The summed E-state index contributed by atoms with van der Waals surface area (Å²) in [6.45, 7) is 12.8. The predicted molar refractivity (Wildman–Crippen MR) is 107 cm³/mol. The highest BCUT2D eigenvalue weighted by molar-refractivity contribution is 5.65. The quantitative estimate of drug-likeness (QED) is 0.580. The Bertz CT molecular complexity index is 808. The largest absolute Gasteiger partial charge is 0.439 e. The van der Waals surface area contributed by atoms with Gasteiger partial charge in [0, 0.05) is 31.6 Å². The van der Waals surface area contributed by atoms with Crippen LogP contribution >= 0.6 is 0 Å². The third-order valence-corrected chi connectivity index (χ3v) is 4.81. The fraction of sp³-hybridized carbons (Fsp3) is 0.524. The van der Waals surface area contributed by atoms with Crippen molar-refractivity contribution < 1.29 is 4.74 Å². The highest BCUT2D eigenvalue weighted by atomic mass is 16.5. The van der Waals surface area contributed by atoms with Gasteiger partial charge in [0.1, 0.15) is 5.75 Å². The lowest BCUT2D eigenvalue weighted by Gasteiger charge is -2.13. The smallest absolute Gasteiger partial charge is 0.217 e. The van der Waals surface area contributed by atoms with E-state index in [0.29, 0.717) is 0 Å². The second-order valence-corrected chi connectivity index (χ2v) is 8.24. The topological polar surface area (TPSA) is 42.6 Å². The molecule has 0 N–H and O–H groups in total. The second-order valence-electron chi connectivity index (χ2n) is 8.24. The van der Waals surface area contributed by atoms with Gasteiger partial charge in [0.05, 0.1) is 17.7 Å². The van der Waals surface area contributed by atoms with Crippen molar-refractivity contribution in [3.05, 3.63) is 35.0 Å². The van der Waals surface area contributed by atoms with E-state index in [4.69, 9.17) is 4.74 Å². The van der Waals surface area contributed by atoms with Crippen LogP contribution in [0.3, 0.4) is 0 Å². The minimum absolute atomic E-state index is 0.00151. The van der Waals surface area contributed by atoms with E-state index in [2.05, 4.69) is 61.7 Å². The number of rotatable bonds is 4. The van der Waals surface area contributed by atoms with Gasteiger partial charge >= 0.3 is 0 Å². The van der Waals surface area contributed by atoms with Crippen LogP contribution in [-0.2, 0) is 12.5 Å². The van der Waals surface area contributed by atoms with E-state index in [0.717, 1.165) is 47.2 Å². The summed E-state index contributed by atoms with van der Waals surface area (Å²) in [5.74, 6) is 1.61. The number of likely N-dealkylation sites (tertiary alicyclic amines) is 1. The molecule has 0 atom stereocenters. The average Bonchev–Trinajstić information content (AvgIpc) is 3.19. The molecule has 1 fully saturated rings. The molecular weight excluding hydrogens is 324 g/mol. The van der Waals surface area contributed by atoms with Crippen LogP contribution < -0.4 is 4.74 Å². The summed E-state index contributed by atoms with van der Waals surface area (Å²) in [4.78, 5) is 6.96. The lowest BCUT2D eigenvalue weighted by molar-refractivity contribution is 0.427. The molecule has 0 amide bonds. The molecule has 0 aliphatic carbocycles. The first-order valence-electron chi connectivity index (χ1n) is 9.36. The molecule has 1 aliphatic rings. The zero-order valence-electron chi connectivity index (χ0n) is 16.8. The van der Waals surface area contributed by atoms with Crippen LogP contribution in [0.5, 0.6) is 11.6 Å². The Morgan fingerprint density at radius 1 is 1.08 bits per heavy atom. The molecule has 2 aromatic rings. The Labute approximate surface area is 156 Å². The molecule has 3 rings (SSSR count). The molecule has 1 aliphatic heterocycles. The Hall–Kier alpha value is -2.30. The van der Waals surface area contributed by atoms with Gasteiger partial charge in [-0.2, -0.15) is 5.10 Å². The van der Waals surface area contributed by atoms with Crippen molar-refractivity contribution in [2.24, 2.45) is 12.0 Å². The SMILES string of the molecule is Cc1cc(Oc2cc(C(C)(C)C)nn2C)c(C)cc1N=CN1CCCC1. The lowest BCUT2D eigenvalue weighted by atomic mass is 9.93. The van der Waals surface area contributed by atoms with E-state index in [-0.39, 0.29) is 5.41 Å². The molecule has 0 unspecified atom stereocenters. The highest BCUT2D eigenvalue weighted by Crippen LogP contribution is 2.33. The summed E-state index contributed by atoms with van der Waals surface area (Å²) in [6.07, 6.45) is 4.50. The van der Waals surface area contributed by atoms with Crippen LogP contribution in [0.25, 0.3) is 0 Å². The minimum atomic E-state index is -0.00151. The molecule has 5 heteroatoms.